The minimum Gasteiger partial charge on any atom is -0.480 e. The highest BCUT2D eigenvalue weighted by atomic mass is 35.5. The number of amides is 1. The monoisotopic (exact) mass is 269 g/mol. The second-order valence-electron chi connectivity index (χ2n) is 4.08. The SMILES string of the molecule is CCCN(CC(=O)O)C(=O)c1ccc(Cl)c(C)c1. The van der Waals surface area contributed by atoms with Gasteiger partial charge in [0.05, 0.1) is 0 Å². The summed E-state index contributed by atoms with van der Waals surface area (Å²) in [6, 6.07) is 4.94. The summed E-state index contributed by atoms with van der Waals surface area (Å²) < 4.78 is 0. The number of nitrogens with zero attached hydrogens (tertiary/aromatic N) is 1. The van der Waals surface area contributed by atoms with E-state index in [0.29, 0.717) is 23.6 Å². The van der Waals surface area contributed by atoms with Crippen LogP contribution in [-0.4, -0.2) is 35.0 Å². The summed E-state index contributed by atoms with van der Waals surface area (Å²) in [7, 11) is 0. The zero-order valence-corrected chi connectivity index (χ0v) is 11.2. The molecule has 1 amide bonds. The lowest BCUT2D eigenvalue weighted by molar-refractivity contribution is -0.137. The predicted octanol–water partition coefficient (Wildman–Crippen LogP) is 2.59. The molecule has 0 spiro atoms. The van der Waals surface area contributed by atoms with Crippen LogP contribution in [0.1, 0.15) is 29.3 Å². The normalized spacial score (nSPS) is 10.2. The number of aliphatic carboxylic acids is 1. The van der Waals surface area contributed by atoms with Gasteiger partial charge in [0.2, 0.25) is 0 Å². The van der Waals surface area contributed by atoms with Crippen molar-refractivity contribution in [3.8, 4) is 0 Å². The summed E-state index contributed by atoms with van der Waals surface area (Å²) in [5.74, 6) is -1.29. The molecule has 18 heavy (non-hydrogen) atoms. The summed E-state index contributed by atoms with van der Waals surface area (Å²) in [6.07, 6.45) is 0.714. The second-order valence-corrected chi connectivity index (χ2v) is 4.49. The van der Waals surface area contributed by atoms with Crippen molar-refractivity contribution in [2.45, 2.75) is 20.3 Å². The van der Waals surface area contributed by atoms with Crippen LogP contribution < -0.4 is 0 Å². The van der Waals surface area contributed by atoms with E-state index in [2.05, 4.69) is 0 Å². The minimum absolute atomic E-state index is 0.279. The lowest BCUT2D eigenvalue weighted by atomic mass is 10.1. The van der Waals surface area contributed by atoms with Crippen LogP contribution in [0.4, 0.5) is 0 Å². The molecule has 0 unspecified atom stereocenters. The second kappa shape index (κ2) is 6.40. The maximum absolute atomic E-state index is 12.2. The first-order valence-electron chi connectivity index (χ1n) is 5.73. The molecule has 0 bridgehead atoms. The molecule has 1 aromatic carbocycles. The summed E-state index contributed by atoms with van der Waals surface area (Å²) >= 11 is 5.89. The molecule has 0 radical (unpaired) electrons. The van der Waals surface area contributed by atoms with Gasteiger partial charge in [-0.25, -0.2) is 0 Å². The largest absolute Gasteiger partial charge is 0.480 e. The molecule has 0 aliphatic rings. The quantitative estimate of drug-likeness (QED) is 0.894. The molecule has 0 aromatic heterocycles. The number of benzene rings is 1. The average molecular weight is 270 g/mol. The highest BCUT2D eigenvalue weighted by molar-refractivity contribution is 6.31. The Morgan fingerprint density at radius 3 is 2.56 bits per heavy atom. The standard InChI is InChI=1S/C13H16ClNO3/c1-3-6-15(8-12(16)17)13(18)10-4-5-11(14)9(2)7-10/h4-5,7H,3,6,8H2,1-2H3,(H,16,17). The zero-order chi connectivity index (χ0) is 13.7. The summed E-state index contributed by atoms with van der Waals surface area (Å²) in [4.78, 5) is 24.2. The lowest BCUT2D eigenvalue weighted by Gasteiger charge is -2.20. The van der Waals surface area contributed by atoms with Crippen LogP contribution in [0.5, 0.6) is 0 Å². The van der Waals surface area contributed by atoms with Crippen LogP contribution in [0, 0.1) is 6.92 Å². The molecule has 0 heterocycles. The Morgan fingerprint density at radius 1 is 1.39 bits per heavy atom. The number of carbonyl (C=O) groups is 2. The van der Waals surface area contributed by atoms with Gasteiger partial charge < -0.3 is 10.0 Å². The van der Waals surface area contributed by atoms with E-state index in [4.69, 9.17) is 16.7 Å². The lowest BCUT2D eigenvalue weighted by Crippen LogP contribution is -2.36. The van der Waals surface area contributed by atoms with Gasteiger partial charge in [-0.2, -0.15) is 0 Å². The van der Waals surface area contributed by atoms with E-state index in [9.17, 15) is 9.59 Å². The van der Waals surface area contributed by atoms with Gasteiger partial charge in [-0.05, 0) is 37.1 Å². The molecule has 0 aliphatic heterocycles. The van der Waals surface area contributed by atoms with Crippen molar-refractivity contribution in [2.75, 3.05) is 13.1 Å². The molecule has 1 rings (SSSR count). The van der Waals surface area contributed by atoms with Crippen LogP contribution in [0.2, 0.25) is 5.02 Å². The van der Waals surface area contributed by atoms with Crippen LogP contribution in [0.3, 0.4) is 0 Å². The number of carbonyl (C=O) groups excluding carboxylic acids is 1. The third-order valence-corrected chi connectivity index (χ3v) is 2.94. The van der Waals surface area contributed by atoms with Gasteiger partial charge in [0.1, 0.15) is 6.54 Å². The summed E-state index contributed by atoms with van der Waals surface area (Å²) in [5.41, 5.74) is 1.26. The van der Waals surface area contributed by atoms with Crippen LogP contribution in [0.25, 0.3) is 0 Å². The van der Waals surface area contributed by atoms with E-state index >= 15 is 0 Å². The first-order valence-corrected chi connectivity index (χ1v) is 6.10. The summed E-state index contributed by atoms with van der Waals surface area (Å²) in [5, 5.41) is 9.38. The smallest absolute Gasteiger partial charge is 0.323 e. The van der Waals surface area contributed by atoms with E-state index < -0.39 is 5.97 Å². The van der Waals surface area contributed by atoms with Crippen molar-refractivity contribution in [3.63, 3.8) is 0 Å². The molecule has 1 N–H and O–H groups in total. The molecule has 98 valence electrons. The van der Waals surface area contributed by atoms with E-state index in [1.165, 1.54) is 4.90 Å². The predicted molar refractivity (Wildman–Crippen MR) is 70.0 cm³/mol. The summed E-state index contributed by atoms with van der Waals surface area (Å²) in [6.45, 7) is 3.84. The first-order chi connectivity index (χ1) is 8.45. The number of carboxylic acid groups (broad SMARTS) is 1. The Morgan fingerprint density at radius 2 is 2.06 bits per heavy atom. The Bertz CT molecular complexity index is 460. The van der Waals surface area contributed by atoms with Gasteiger partial charge in [-0.3, -0.25) is 9.59 Å². The Kier molecular flexibility index (Phi) is 5.16. The Balaban J connectivity index is 2.93. The highest BCUT2D eigenvalue weighted by Crippen LogP contribution is 2.17. The molecule has 0 saturated carbocycles. The molecular weight excluding hydrogens is 254 g/mol. The number of hydrogen-bond donors (Lipinski definition) is 1. The van der Waals surface area contributed by atoms with Crippen molar-refractivity contribution < 1.29 is 14.7 Å². The fourth-order valence-corrected chi connectivity index (χ4v) is 1.76. The van der Waals surface area contributed by atoms with Gasteiger partial charge >= 0.3 is 5.97 Å². The number of hydrogen-bond acceptors (Lipinski definition) is 2. The number of aryl methyl sites for hydroxylation is 1. The molecular formula is C13H16ClNO3. The van der Waals surface area contributed by atoms with Crippen molar-refractivity contribution >= 4 is 23.5 Å². The van der Waals surface area contributed by atoms with Crippen molar-refractivity contribution in [2.24, 2.45) is 0 Å². The Labute approximate surface area is 111 Å². The molecule has 0 aliphatic carbocycles. The molecule has 1 aromatic rings. The van der Waals surface area contributed by atoms with E-state index in [0.717, 1.165) is 5.56 Å². The molecule has 5 heteroatoms. The van der Waals surface area contributed by atoms with Gasteiger partial charge in [-0.1, -0.05) is 18.5 Å². The van der Waals surface area contributed by atoms with Gasteiger partial charge in [0, 0.05) is 17.1 Å². The van der Waals surface area contributed by atoms with E-state index in [1.54, 1.807) is 25.1 Å². The van der Waals surface area contributed by atoms with E-state index in [1.807, 2.05) is 6.92 Å². The average Bonchev–Trinajstić information content (AvgIpc) is 2.31. The first kappa shape index (κ1) is 14.5. The highest BCUT2D eigenvalue weighted by Gasteiger charge is 2.18. The fraction of sp³-hybridized carbons (Fsp3) is 0.385. The van der Waals surface area contributed by atoms with Crippen LogP contribution >= 0.6 is 11.6 Å². The number of rotatable bonds is 5. The van der Waals surface area contributed by atoms with Crippen LogP contribution in [-0.2, 0) is 4.79 Å². The molecule has 0 saturated heterocycles. The topological polar surface area (TPSA) is 57.6 Å². The third-order valence-electron chi connectivity index (χ3n) is 2.51. The van der Waals surface area contributed by atoms with Crippen LogP contribution in [0.15, 0.2) is 18.2 Å². The maximum Gasteiger partial charge on any atom is 0.323 e. The Hall–Kier alpha value is -1.55. The molecule has 0 fully saturated rings. The third kappa shape index (κ3) is 3.74. The van der Waals surface area contributed by atoms with E-state index in [-0.39, 0.29) is 12.5 Å². The fourth-order valence-electron chi connectivity index (χ4n) is 1.65. The molecule has 0 atom stereocenters. The van der Waals surface area contributed by atoms with Gasteiger partial charge in [0.25, 0.3) is 5.91 Å². The number of carboxylic acids is 1. The zero-order valence-electron chi connectivity index (χ0n) is 10.4. The minimum atomic E-state index is -1.01. The van der Waals surface area contributed by atoms with Crippen molar-refractivity contribution in [1.29, 1.82) is 0 Å². The maximum atomic E-state index is 12.2. The van der Waals surface area contributed by atoms with Gasteiger partial charge in [0.15, 0.2) is 0 Å². The van der Waals surface area contributed by atoms with Crippen molar-refractivity contribution in [1.82, 2.24) is 4.90 Å². The van der Waals surface area contributed by atoms with Gasteiger partial charge in [-0.15, -0.1) is 0 Å². The molecule has 4 nitrogen and oxygen atoms in total. The van der Waals surface area contributed by atoms with Crippen molar-refractivity contribution in [3.05, 3.63) is 34.3 Å². The number of halogens is 1.